The van der Waals surface area contributed by atoms with Gasteiger partial charge in [-0.1, -0.05) is 17.7 Å². The lowest BCUT2D eigenvalue weighted by Crippen LogP contribution is -2.41. The van der Waals surface area contributed by atoms with Gasteiger partial charge in [-0.2, -0.15) is 0 Å². The monoisotopic (exact) mass is 537 g/mol. The number of fused-ring (bicyclic) bond motifs is 1. The quantitative estimate of drug-likeness (QED) is 0.395. The molecule has 0 saturated heterocycles. The van der Waals surface area contributed by atoms with Crippen molar-refractivity contribution in [3.05, 3.63) is 89.6 Å². The number of carbonyl (C=O) groups excluding carboxylic acids is 1. The molecule has 0 bridgehead atoms. The van der Waals surface area contributed by atoms with Gasteiger partial charge in [0.1, 0.15) is 17.0 Å². The van der Waals surface area contributed by atoms with Crippen molar-refractivity contribution in [1.29, 1.82) is 0 Å². The van der Waals surface area contributed by atoms with Gasteiger partial charge in [0.05, 0.1) is 16.9 Å². The molecule has 1 saturated carbocycles. The van der Waals surface area contributed by atoms with E-state index in [1.807, 2.05) is 0 Å². The summed E-state index contributed by atoms with van der Waals surface area (Å²) in [6.45, 7) is 4.61. The summed E-state index contributed by atoms with van der Waals surface area (Å²) in [5.41, 5.74) is -0.0973. The molecule has 38 heavy (non-hydrogen) atoms. The number of nitrogens with one attached hydrogen (secondary N) is 2. The van der Waals surface area contributed by atoms with Gasteiger partial charge in [-0.25, -0.2) is 9.18 Å². The fourth-order valence-electron chi connectivity index (χ4n) is 4.68. The van der Waals surface area contributed by atoms with Crippen LogP contribution >= 0.6 is 11.6 Å². The number of rotatable bonds is 5. The van der Waals surface area contributed by atoms with Crippen LogP contribution in [0.2, 0.25) is 5.02 Å². The second kappa shape index (κ2) is 9.29. The summed E-state index contributed by atoms with van der Waals surface area (Å²) < 4.78 is 18.5. The fraction of sp³-hybridized carbons (Fsp3) is 0.259. The maximum Gasteiger partial charge on any atom is 0.336 e. The molecule has 0 atom stereocenters. The van der Waals surface area contributed by atoms with Crippen LogP contribution in [0, 0.1) is 19.7 Å². The van der Waals surface area contributed by atoms with E-state index in [-0.39, 0.29) is 50.6 Å². The van der Waals surface area contributed by atoms with Gasteiger partial charge in [-0.3, -0.25) is 28.1 Å². The number of pyridine rings is 1. The van der Waals surface area contributed by atoms with Crippen LogP contribution in [0.15, 0.2) is 50.8 Å². The molecule has 1 aliphatic carbocycles. The van der Waals surface area contributed by atoms with Gasteiger partial charge in [0.15, 0.2) is 0 Å². The average molecular weight is 538 g/mol. The maximum atomic E-state index is 14.8. The molecule has 2 aromatic carbocycles. The summed E-state index contributed by atoms with van der Waals surface area (Å²) in [6, 6.07) is 8.83. The van der Waals surface area contributed by atoms with Gasteiger partial charge < -0.3 is 10.6 Å². The number of hydrogen-bond donors (Lipinski definition) is 2. The lowest BCUT2D eigenvalue weighted by atomic mass is 10.1. The molecule has 2 heterocycles. The van der Waals surface area contributed by atoms with Crippen LogP contribution in [-0.4, -0.2) is 19.6 Å². The Morgan fingerprint density at radius 2 is 1.76 bits per heavy atom. The van der Waals surface area contributed by atoms with Gasteiger partial charge in [0.2, 0.25) is 5.91 Å². The van der Waals surface area contributed by atoms with Crippen molar-refractivity contribution in [3.63, 3.8) is 0 Å². The predicted octanol–water partition coefficient (Wildman–Crippen LogP) is 4.30. The number of halogens is 2. The number of aromatic nitrogens is 3. The van der Waals surface area contributed by atoms with E-state index >= 15 is 0 Å². The average Bonchev–Trinajstić information content (AvgIpc) is 3.66. The first-order chi connectivity index (χ1) is 18.0. The normalized spacial score (nSPS) is 13.1. The molecule has 9 nitrogen and oxygen atoms in total. The molecule has 1 fully saturated rings. The minimum absolute atomic E-state index is 0.0515. The van der Waals surface area contributed by atoms with Crippen molar-refractivity contribution in [1.82, 2.24) is 13.7 Å². The number of carbonyl (C=O) groups is 1. The zero-order valence-corrected chi connectivity index (χ0v) is 21.9. The van der Waals surface area contributed by atoms with Crippen LogP contribution in [0.3, 0.4) is 0 Å². The topological polar surface area (TPSA) is 107 Å². The zero-order chi connectivity index (χ0) is 27.5. The molecular weight excluding hydrogens is 513 g/mol. The van der Waals surface area contributed by atoms with Crippen molar-refractivity contribution in [2.75, 3.05) is 10.6 Å². The molecule has 0 spiro atoms. The van der Waals surface area contributed by atoms with Crippen LogP contribution in [-0.2, 0) is 11.8 Å². The van der Waals surface area contributed by atoms with E-state index in [1.54, 1.807) is 19.1 Å². The van der Waals surface area contributed by atoms with Crippen molar-refractivity contribution >= 4 is 45.6 Å². The number of benzene rings is 2. The van der Waals surface area contributed by atoms with E-state index in [4.69, 9.17) is 11.6 Å². The van der Waals surface area contributed by atoms with E-state index in [9.17, 15) is 23.6 Å². The molecule has 196 valence electrons. The smallest absolute Gasteiger partial charge is 0.336 e. The summed E-state index contributed by atoms with van der Waals surface area (Å²) in [5, 5.41) is 5.86. The number of anilines is 3. The van der Waals surface area contributed by atoms with Crippen LogP contribution in [0.4, 0.5) is 21.6 Å². The first-order valence-electron chi connectivity index (χ1n) is 12.0. The number of aryl methyl sites for hydroxylation is 2. The minimum atomic E-state index is -0.634. The van der Waals surface area contributed by atoms with Gasteiger partial charge in [-0.15, -0.1) is 0 Å². The van der Waals surface area contributed by atoms with Crippen LogP contribution in [0.5, 0.6) is 0 Å². The van der Waals surface area contributed by atoms with Gasteiger partial charge in [-0.05, 0) is 62.6 Å². The molecule has 11 heteroatoms. The summed E-state index contributed by atoms with van der Waals surface area (Å²) in [5.74, 6) is -0.845. The molecule has 4 aromatic rings. The number of hydrogen-bond acceptors (Lipinski definition) is 5. The minimum Gasteiger partial charge on any atom is -0.338 e. The molecule has 0 aliphatic heterocycles. The third-order valence-electron chi connectivity index (χ3n) is 6.59. The fourth-order valence-corrected chi connectivity index (χ4v) is 4.91. The van der Waals surface area contributed by atoms with Gasteiger partial charge >= 0.3 is 5.69 Å². The third kappa shape index (κ3) is 4.30. The Morgan fingerprint density at radius 1 is 1.05 bits per heavy atom. The second-order valence-corrected chi connectivity index (χ2v) is 10.0. The predicted molar refractivity (Wildman–Crippen MR) is 146 cm³/mol. The lowest BCUT2D eigenvalue weighted by Gasteiger charge is -2.21. The zero-order valence-electron chi connectivity index (χ0n) is 21.2. The summed E-state index contributed by atoms with van der Waals surface area (Å²) in [7, 11) is 1.48. The highest BCUT2D eigenvalue weighted by Gasteiger charge is 2.31. The highest BCUT2D eigenvalue weighted by atomic mass is 35.5. The largest absolute Gasteiger partial charge is 0.338 e. The van der Waals surface area contributed by atoms with E-state index in [0.29, 0.717) is 24.1 Å². The first kappa shape index (κ1) is 25.5. The number of amides is 1. The molecule has 1 amide bonds. The summed E-state index contributed by atoms with van der Waals surface area (Å²) in [6.07, 6.45) is 1.29. The van der Waals surface area contributed by atoms with Crippen molar-refractivity contribution in [2.24, 2.45) is 7.05 Å². The van der Waals surface area contributed by atoms with E-state index in [1.165, 1.54) is 58.9 Å². The van der Waals surface area contributed by atoms with E-state index < -0.39 is 22.6 Å². The Bertz CT molecular complexity index is 1840. The number of nitrogens with zero attached hydrogens (tertiary/aromatic N) is 3. The van der Waals surface area contributed by atoms with Gasteiger partial charge in [0, 0.05) is 36.3 Å². The molecule has 0 radical (unpaired) electrons. The van der Waals surface area contributed by atoms with E-state index in [0.717, 1.165) is 0 Å². The summed E-state index contributed by atoms with van der Waals surface area (Å²) >= 11 is 6.34. The first-order valence-corrected chi connectivity index (χ1v) is 12.4. The maximum absolute atomic E-state index is 14.8. The molecule has 2 aromatic heterocycles. The molecule has 2 N–H and O–H groups in total. The molecule has 0 unspecified atom stereocenters. The molecular formula is C27H25ClFN5O4. The third-order valence-corrected chi connectivity index (χ3v) is 6.81. The Morgan fingerprint density at radius 3 is 2.39 bits per heavy atom. The Hall–Kier alpha value is -4.18. The lowest BCUT2D eigenvalue weighted by molar-refractivity contribution is -0.114. The van der Waals surface area contributed by atoms with Crippen molar-refractivity contribution in [2.45, 2.75) is 39.7 Å². The second-order valence-electron chi connectivity index (χ2n) is 9.57. The Balaban J connectivity index is 1.92. The summed E-state index contributed by atoms with van der Waals surface area (Å²) in [4.78, 5) is 52.8. The van der Waals surface area contributed by atoms with Crippen molar-refractivity contribution < 1.29 is 9.18 Å². The van der Waals surface area contributed by atoms with Crippen LogP contribution < -0.4 is 27.4 Å². The standard InChI is InChI=1S/C27H25ClFN5O4/c1-13-5-8-21(20(29)9-13)31-24-22-23(14(2)25(36)32(24)4)33(27(38)34(26(22)37)18-6-7-18)19-11-16(28)10-17(12-19)30-15(3)35/h5,8-12,18,31H,6-7H2,1-4H3,(H,30,35). The molecule has 1 aliphatic rings. The van der Waals surface area contributed by atoms with Gasteiger partial charge in [0.25, 0.3) is 11.1 Å². The van der Waals surface area contributed by atoms with Crippen LogP contribution in [0.25, 0.3) is 16.6 Å². The molecule has 5 rings (SSSR count). The van der Waals surface area contributed by atoms with Crippen molar-refractivity contribution in [3.8, 4) is 5.69 Å². The highest BCUT2D eigenvalue weighted by Crippen LogP contribution is 2.34. The SMILES string of the molecule is CC(=O)Nc1cc(Cl)cc(-n2c(=O)n(C3CC3)c(=O)c3c(Nc4ccc(C)cc4F)n(C)c(=O)c(C)c32)c1. The van der Waals surface area contributed by atoms with Crippen LogP contribution in [0.1, 0.15) is 36.9 Å². The highest BCUT2D eigenvalue weighted by molar-refractivity contribution is 6.31. The van der Waals surface area contributed by atoms with E-state index in [2.05, 4.69) is 10.6 Å². The Kier molecular flexibility index (Phi) is 6.22. The Labute approximate surface area is 221 Å².